The largest absolute Gasteiger partial charge is 0.497 e. The molecule has 0 bridgehead atoms. The molecule has 1 aromatic carbocycles. The smallest absolute Gasteiger partial charge is 0.306 e. The molecule has 0 saturated carbocycles. The van der Waals surface area contributed by atoms with E-state index in [0.717, 1.165) is 0 Å². The van der Waals surface area contributed by atoms with Gasteiger partial charge in [-0.25, -0.2) is 0 Å². The zero-order valence-corrected chi connectivity index (χ0v) is 10.6. The quantitative estimate of drug-likeness (QED) is 0.784. The lowest BCUT2D eigenvalue weighted by molar-refractivity contribution is -0.141. The zero-order chi connectivity index (χ0) is 13.7. The van der Waals surface area contributed by atoms with Gasteiger partial charge in [0.1, 0.15) is 11.5 Å². The number of hydrogen-bond donors (Lipinski definition) is 1. The third-order valence-electron chi connectivity index (χ3n) is 2.59. The first-order valence-corrected chi connectivity index (χ1v) is 5.47. The van der Waals surface area contributed by atoms with Crippen LogP contribution in [0.4, 0.5) is 0 Å². The normalized spacial score (nSPS) is 11.7. The van der Waals surface area contributed by atoms with E-state index in [0.29, 0.717) is 17.1 Å². The van der Waals surface area contributed by atoms with Crippen molar-refractivity contribution in [1.82, 2.24) is 0 Å². The van der Waals surface area contributed by atoms with Crippen LogP contribution >= 0.6 is 0 Å². The third kappa shape index (κ3) is 3.48. The number of ether oxygens (including phenoxy) is 2. The predicted molar refractivity (Wildman–Crippen MR) is 65.3 cm³/mol. The van der Waals surface area contributed by atoms with Gasteiger partial charge in [-0.05, 0) is 12.1 Å². The lowest BCUT2D eigenvalue weighted by atomic mass is 9.99. The van der Waals surface area contributed by atoms with E-state index in [1.54, 1.807) is 18.2 Å². The third-order valence-corrected chi connectivity index (χ3v) is 2.59. The Balaban J connectivity index is 2.94. The molecule has 0 aromatic heterocycles. The summed E-state index contributed by atoms with van der Waals surface area (Å²) in [6.45, 7) is 1.50. The van der Waals surface area contributed by atoms with Crippen LogP contribution < -0.4 is 9.47 Å². The fraction of sp³-hybridized carbons (Fsp3) is 0.385. The number of carboxylic acids is 1. The van der Waals surface area contributed by atoms with Gasteiger partial charge in [0.2, 0.25) is 0 Å². The summed E-state index contributed by atoms with van der Waals surface area (Å²) in [6, 6.07) is 4.79. The first-order chi connectivity index (χ1) is 8.47. The zero-order valence-electron chi connectivity index (χ0n) is 10.6. The highest BCUT2D eigenvalue weighted by molar-refractivity contribution is 5.98. The van der Waals surface area contributed by atoms with Gasteiger partial charge in [0, 0.05) is 18.1 Å². The number of hydrogen-bond acceptors (Lipinski definition) is 4. The Labute approximate surface area is 105 Å². The van der Waals surface area contributed by atoms with E-state index in [-0.39, 0.29) is 12.2 Å². The Bertz CT molecular complexity index is 430. The van der Waals surface area contributed by atoms with Crippen LogP contribution in [0.3, 0.4) is 0 Å². The fourth-order valence-corrected chi connectivity index (χ4v) is 1.45. The van der Waals surface area contributed by atoms with E-state index in [1.165, 1.54) is 21.1 Å². The second-order valence-corrected chi connectivity index (χ2v) is 3.97. The van der Waals surface area contributed by atoms with Gasteiger partial charge in [0.25, 0.3) is 0 Å². The number of carboxylic acid groups (broad SMARTS) is 1. The van der Waals surface area contributed by atoms with Crippen LogP contribution in [0, 0.1) is 5.92 Å². The van der Waals surface area contributed by atoms with Crippen LogP contribution in [-0.4, -0.2) is 31.1 Å². The van der Waals surface area contributed by atoms with Gasteiger partial charge in [0.05, 0.1) is 20.1 Å². The maximum atomic E-state index is 11.9. The SMILES string of the molecule is COc1cc(OC)cc(C(=O)CC(C)C(=O)O)c1. The van der Waals surface area contributed by atoms with Crippen molar-refractivity contribution in [1.29, 1.82) is 0 Å². The Morgan fingerprint density at radius 2 is 1.67 bits per heavy atom. The fourth-order valence-electron chi connectivity index (χ4n) is 1.45. The van der Waals surface area contributed by atoms with Crippen LogP contribution in [0.2, 0.25) is 0 Å². The van der Waals surface area contributed by atoms with Gasteiger partial charge >= 0.3 is 5.97 Å². The Hall–Kier alpha value is -2.04. The number of methoxy groups -OCH3 is 2. The molecule has 1 N–H and O–H groups in total. The van der Waals surface area contributed by atoms with E-state index < -0.39 is 11.9 Å². The van der Waals surface area contributed by atoms with Crippen molar-refractivity contribution in [3.63, 3.8) is 0 Å². The first kappa shape index (κ1) is 14.0. The molecule has 1 aromatic rings. The number of ketones is 1. The van der Waals surface area contributed by atoms with Gasteiger partial charge in [-0.1, -0.05) is 6.92 Å². The molecule has 0 fully saturated rings. The van der Waals surface area contributed by atoms with Crippen molar-refractivity contribution < 1.29 is 24.2 Å². The van der Waals surface area contributed by atoms with Crippen LogP contribution in [0.25, 0.3) is 0 Å². The Morgan fingerprint density at radius 3 is 2.06 bits per heavy atom. The Morgan fingerprint density at radius 1 is 1.17 bits per heavy atom. The second kappa shape index (κ2) is 6.05. The highest BCUT2D eigenvalue weighted by Gasteiger charge is 2.18. The van der Waals surface area contributed by atoms with Crippen molar-refractivity contribution in [2.75, 3.05) is 14.2 Å². The molecule has 1 rings (SSSR count). The molecule has 0 spiro atoms. The van der Waals surface area contributed by atoms with Gasteiger partial charge < -0.3 is 14.6 Å². The van der Waals surface area contributed by atoms with Crippen LogP contribution in [0.1, 0.15) is 23.7 Å². The number of carbonyl (C=O) groups is 2. The topological polar surface area (TPSA) is 72.8 Å². The summed E-state index contributed by atoms with van der Waals surface area (Å²) in [7, 11) is 2.98. The van der Waals surface area contributed by atoms with E-state index in [1.807, 2.05) is 0 Å². The maximum absolute atomic E-state index is 11.9. The van der Waals surface area contributed by atoms with Crippen molar-refractivity contribution in [3.8, 4) is 11.5 Å². The van der Waals surface area contributed by atoms with Crippen molar-refractivity contribution in [2.24, 2.45) is 5.92 Å². The number of benzene rings is 1. The molecule has 98 valence electrons. The molecule has 18 heavy (non-hydrogen) atoms. The number of Topliss-reactive ketones (excluding diaryl/α,β-unsaturated/α-hetero) is 1. The second-order valence-electron chi connectivity index (χ2n) is 3.97. The molecule has 5 nitrogen and oxygen atoms in total. The molecule has 0 aliphatic carbocycles. The van der Waals surface area contributed by atoms with Crippen molar-refractivity contribution >= 4 is 11.8 Å². The molecule has 0 aliphatic heterocycles. The molecule has 1 atom stereocenters. The summed E-state index contributed by atoms with van der Waals surface area (Å²) >= 11 is 0. The van der Waals surface area contributed by atoms with Crippen molar-refractivity contribution in [2.45, 2.75) is 13.3 Å². The predicted octanol–water partition coefficient (Wildman–Crippen LogP) is 2.00. The lowest BCUT2D eigenvalue weighted by Gasteiger charge is -2.09. The summed E-state index contributed by atoms with van der Waals surface area (Å²) in [5, 5.41) is 8.78. The summed E-state index contributed by atoms with van der Waals surface area (Å²) in [6.07, 6.45) is -0.0499. The van der Waals surface area contributed by atoms with E-state index in [2.05, 4.69) is 0 Å². The summed E-state index contributed by atoms with van der Waals surface area (Å²) in [5.74, 6) is -0.948. The number of aliphatic carboxylic acids is 1. The van der Waals surface area contributed by atoms with Gasteiger partial charge in [-0.15, -0.1) is 0 Å². The standard InChI is InChI=1S/C13H16O5/c1-8(13(15)16)4-12(14)9-5-10(17-2)7-11(6-9)18-3/h5-8H,4H2,1-3H3,(H,15,16). The molecule has 5 heteroatoms. The number of carbonyl (C=O) groups excluding carboxylic acids is 1. The average Bonchev–Trinajstić information content (AvgIpc) is 2.37. The van der Waals surface area contributed by atoms with Gasteiger partial charge in [-0.3, -0.25) is 9.59 Å². The van der Waals surface area contributed by atoms with Gasteiger partial charge in [-0.2, -0.15) is 0 Å². The minimum atomic E-state index is -0.988. The minimum absolute atomic E-state index is 0.0499. The van der Waals surface area contributed by atoms with Crippen LogP contribution in [-0.2, 0) is 4.79 Å². The van der Waals surface area contributed by atoms with Crippen molar-refractivity contribution in [3.05, 3.63) is 23.8 Å². The summed E-state index contributed by atoms with van der Waals surface area (Å²) in [5.41, 5.74) is 0.388. The van der Waals surface area contributed by atoms with Crippen LogP contribution in [0.5, 0.6) is 11.5 Å². The first-order valence-electron chi connectivity index (χ1n) is 5.47. The molecule has 0 aliphatic rings. The lowest BCUT2D eigenvalue weighted by Crippen LogP contribution is -2.14. The highest BCUT2D eigenvalue weighted by atomic mass is 16.5. The molecule has 0 amide bonds. The van der Waals surface area contributed by atoms with Gasteiger partial charge in [0.15, 0.2) is 5.78 Å². The minimum Gasteiger partial charge on any atom is -0.497 e. The average molecular weight is 252 g/mol. The Kier molecular flexibility index (Phi) is 4.71. The molecule has 0 heterocycles. The summed E-state index contributed by atoms with van der Waals surface area (Å²) < 4.78 is 10.1. The molecular formula is C13H16O5. The molecule has 1 unspecified atom stereocenters. The monoisotopic (exact) mass is 252 g/mol. The maximum Gasteiger partial charge on any atom is 0.306 e. The van der Waals surface area contributed by atoms with E-state index >= 15 is 0 Å². The van der Waals surface area contributed by atoms with E-state index in [9.17, 15) is 9.59 Å². The molecule has 0 saturated heterocycles. The molecule has 0 radical (unpaired) electrons. The summed E-state index contributed by atoms with van der Waals surface area (Å²) in [4.78, 5) is 22.6. The van der Waals surface area contributed by atoms with Crippen LogP contribution in [0.15, 0.2) is 18.2 Å². The molecular weight excluding hydrogens is 236 g/mol. The number of rotatable bonds is 6. The van der Waals surface area contributed by atoms with E-state index in [4.69, 9.17) is 14.6 Å². The highest BCUT2D eigenvalue weighted by Crippen LogP contribution is 2.24.